The molecule has 0 saturated heterocycles. The number of hydrogen-bond donors (Lipinski definition) is 1. The van der Waals surface area contributed by atoms with E-state index in [0.717, 1.165) is 16.7 Å². The number of rotatable bonds is 6. The molecule has 4 heteroatoms. The molecule has 0 fully saturated rings. The van der Waals surface area contributed by atoms with E-state index in [0.29, 0.717) is 16.0 Å². The zero-order valence-electron chi connectivity index (χ0n) is 16.7. The van der Waals surface area contributed by atoms with Gasteiger partial charge in [-0.25, -0.2) is 4.21 Å². The molecular weight excluding hydrogens is 368 g/mol. The highest BCUT2D eigenvalue weighted by Crippen LogP contribution is 2.36. The molecule has 0 saturated carbocycles. The second kappa shape index (κ2) is 8.39. The van der Waals surface area contributed by atoms with Crippen molar-refractivity contribution in [1.29, 1.82) is 0 Å². The number of aryl methyl sites for hydroxylation is 3. The number of aliphatic hydroxyl groups is 1. The largest absolute Gasteiger partial charge is 0.378 e. The van der Waals surface area contributed by atoms with Gasteiger partial charge in [0.1, 0.15) is 11.7 Å². The van der Waals surface area contributed by atoms with E-state index < -0.39 is 22.8 Å². The lowest BCUT2D eigenvalue weighted by Gasteiger charge is -2.34. The molecule has 3 rings (SSSR count). The lowest BCUT2D eigenvalue weighted by atomic mass is 9.82. The third kappa shape index (κ3) is 3.95. The maximum Gasteiger partial charge on any atom is 0.190 e. The maximum absolute atomic E-state index is 13.1. The molecule has 28 heavy (non-hydrogen) atoms. The fourth-order valence-electron chi connectivity index (χ4n) is 3.70. The van der Waals surface area contributed by atoms with Crippen molar-refractivity contribution in [3.05, 3.63) is 101 Å². The quantitative estimate of drug-likeness (QED) is 0.642. The minimum absolute atomic E-state index is 0.668. The van der Waals surface area contributed by atoms with Gasteiger partial charge in [-0.2, -0.15) is 0 Å². The Labute approximate surface area is 169 Å². The van der Waals surface area contributed by atoms with Gasteiger partial charge in [0.05, 0.1) is 4.90 Å². The van der Waals surface area contributed by atoms with E-state index in [1.54, 1.807) is 6.92 Å². The second-order valence-electron chi connectivity index (χ2n) is 7.20. The van der Waals surface area contributed by atoms with E-state index in [1.807, 2.05) is 93.6 Å². The van der Waals surface area contributed by atoms with Crippen molar-refractivity contribution in [3.8, 4) is 0 Å². The van der Waals surface area contributed by atoms with E-state index in [-0.39, 0.29) is 0 Å². The molecule has 146 valence electrons. The Bertz CT molecular complexity index is 905. The van der Waals surface area contributed by atoms with Crippen molar-refractivity contribution < 1.29 is 13.5 Å². The highest BCUT2D eigenvalue weighted by atomic mass is 32.2. The molecule has 0 bridgehead atoms. The predicted molar refractivity (Wildman–Crippen MR) is 113 cm³/mol. The van der Waals surface area contributed by atoms with Crippen LogP contribution in [-0.4, -0.2) is 15.4 Å². The second-order valence-corrected chi connectivity index (χ2v) is 8.27. The summed E-state index contributed by atoms with van der Waals surface area (Å²) in [5, 5.41) is 11.7. The van der Waals surface area contributed by atoms with Crippen molar-refractivity contribution in [2.24, 2.45) is 0 Å². The molecule has 0 aliphatic heterocycles. The van der Waals surface area contributed by atoms with Gasteiger partial charge in [-0.05, 0) is 49.9 Å². The minimum atomic E-state index is -1.70. The van der Waals surface area contributed by atoms with Crippen LogP contribution in [0.1, 0.15) is 34.7 Å². The molecule has 0 radical (unpaired) electrons. The SMILES string of the molecule is Cc1cc(C)c(S(=O)O[C@@H](C)C(O)(c2ccccc2)c2ccccc2)c(C)c1. The van der Waals surface area contributed by atoms with Crippen LogP contribution in [0.3, 0.4) is 0 Å². The van der Waals surface area contributed by atoms with Gasteiger partial charge in [0.15, 0.2) is 11.1 Å². The highest BCUT2D eigenvalue weighted by Gasteiger charge is 2.40. The van der Waals surface area contributed by atoms with Gasteiger partial charge < -0.3 is 5.11 Å². The van der Waals surface area contributed by atoms with Crippen molar-refractivity contribution in [2.45, 2.75) is 44.3 Å². The summed E-state index contributed by atoms with van der Waals surface area (Å²) in [4.78, 5) is 0.668. The zero-order chi connectivity index (χ0) is 20.3. The smallest absolute Gasteiger partial charge is 0.190 e. The van der Waals surface area contributed by atoms with Gasteiger partial charge in [-0.3, -0.25) is 4.18 Å². The Hall–Kier alpha value is -2.27. The average molecular weight is 395 g/mol. The Kier molecular flexibility index (Phi) is 6.14. The average Bonchev–Trinajstić information content (AvgIpc) is 2.67. The van der Waals surface area contributed by atoms with Crippen LogP contribution in [-0.2, 0) is 20.9 Å². The van der Waals surface area contributed by atoms with Crippen molar-refractivity contribution in [3.63, 3.8) is 0 Å². The summed E-state index contributed by atoms with van der Waals surface area (Å²) in [6, 6.07) is 22.7. The maximum atomic E-state index is 13.1. The Morgan fingerprint density at radius 2 is 1.29 bits per heavy atom. The zero-order valence-corrected chi connectivity index (χ0v) is 17.5. The molecule has 0 spiro atoms. The van der Waals surface area contributed by atoms with Crippen LogP contribution in [0.5, 0.6) is 0 Å². The first kappa shape index (κ1) is 20.5. The van der Waals surface area contributed by atoms with Crippen LogP contribution in [0.2, 0.25) is 0 Å². The van der Waals surface area contributed by atoms with E-state index in [4.69, 9.17) is 4.18 Å². The van der Waals surface area contributed by atoms with E-state index in [9.17, 15) is 9.32 Å². The first-order valence-electron chi connectivity index (χ1n) is 9.34. The van der Waals surface area contributed by atoms with Gasteiger partial charge in [0, 0.05) is 0 Å². The first-order chi connectivity index (χ1) is 13.3. The molecule has 0 aromatic heterocycles. The molecule has 0 amide bonds. The topological polar surface area (TPSA) is 46.5 Å². The van der Waals surface area contributed by atoms with Gasteiger partial charge in [0.25, 0.3) is 0 Å². The molecular formula is C24H26O3S. The fraction of sp³-hybridized carbons (Fsp3) is 0.250. The Balaban J connectivity index is 2.00. The summed E-state index contributed by atoms with van der Waals surface area (Å²) in [6.45, 7) is 7.64. The van der Waals surface area contributed by atoms with Crippen LogP contribution in [0, 0.1) is 20.8 Å². The molecule has 1 N–H and O–H groups in total. The number of benzene rings is 3. The molecule has 3 aromatic rings. The standard InChI is InChI=1S/C24H26O3S/c1-17-15-18(2)23(19(3)16-17)28(26)27-20(4)24(25,21-11-7-5-8-12-21)22-13-9-6-10-14-22/h5-16,20,25H,1-4H3/t20-,28?/m0/s1. The van der Waals surface area contributed by atoms with Crippen LogP contribution in [0.25, 0.3) is 0 Å². The van der Waals surface area contributed by atoms with Gasteiger partial charge in [-0.1, -0.05) is 78.4 Å². The van der Waals surface area contributed by atoms with E-state index >= 15 is 0 Å². The van der Waals surface area contributed by atoms with Crippen LogP contribution in [0.4, 0.5) is 0 Å². The van der Waals surface area contributed by atoms with E-state index in [1.165, 1.54) is 0 Å². The molecule has 3 aromatic carbocycles. The van der Waals surface area contributed by atoms with Crippen LogP contribution < -0.4 is 0 Å². The monoisotopic (exact) mass is 394 g/mol. The Morgan fingerprint density at radius 3 is 1.71 bits per heavy atom. The summed E-state index contributed by atoms with van der Waals surface area (Å²) >= 11 is -1.70. The fourth-order valence-corrected chi connectivity index (χ4v) is 4.84. The van der Waals surface area contributed by atoms with Crippen molar-refractivity contribution in [1.82, 2.24) is 0 Å². The first-order valence-corrected chi connectivity index (χ1v) is 10.4. The lowest BCUT2D eigenvalue weighted by Crippen LogP contribution is -2.41. The summed E-state index contributed by atoms with van der Waals surface area (Å²) < 4.78 is 19.0. The molecule has 0 heterocycles. The summed E-state index contributed by atoms with van der Waals surface area (Å²) in [5.41, 5.74) is 2.93. The van der Waals surface area contributed by atoms with Crippen molar-refractivity contribution >= 4 is 11.1 Å². The number of hydrogen-bond acceptors (Lipinski definition) is 3. The van der Waals surface area contributed by atoms with E-state index in [2.05, 4.69) is 0 Å². The third-order valence-corrected chi connectivity index (χ3v) is 6.46. The molecule has 3 nitrogen and oxygen atoms in total. The molecule has 2 atom stereocenters. The lowest BCUT2D eigenvalue weighted by molar-refractivity contribution is -0.0200. The minimum Gasteiger partial charge on any atom is -0.378 e. The third-order valence-electron chi connectivity index (χ3n) is 5.02. The summed E-state index contributed by atoms with van der Waals surface area (Å²) in [6.07, 6.45) is -0.738. The molecule has 0 aliphatic rings. The highest BCUT2D eigenvalue weighted by molar-refractivity contribution is 7.80. The summed E-state index contributed by atoms with van der Waals surface area (Å²) in [7, 11) is 0. The molecule has 0 aliphatic carbocycles. The normalized spacial score (nSPS) is 13.9. The van der Waals surface area contributed by atoms with Crippen LogP contribution >= 0.6 is 0 Å². The van der Waals surface area contributed by atoms with Gasteiger partial charge in [0.2, 0.25) is 0 Å². The van der Waals surface area contributed by atoms with Crippen LogP contribution in [0.15, 0.2) is 77.7 Å². The van der Waals surface area contributed by atoms with Gasteiger partial charge in [-0.15, -0.1) is 0 Å². The van der Waals surface area contributed by atoms with Crippen molar-refractivity contribution in [2.75, 3.05) is 0 Å². The summed E-state index contributed by atoms with van der Waals surface area (Å²) in [5.74, 6) is 0. The molecule has 1 unspecified atom stereocenters. The van der Waals surface area contributed by atoms with Gasteiger partial charge >= 0.3 is 0 Å². The Morgan fingerprint density at radius 1 is 0.857 bits per heavy atom. The predicted octanol–water partition coefficient (Wildman–Crippen LogP) is 4.98.